The largest absolute Gasteiger partial charge is 0.344 e. The van der Waals surface area contributed by atoms with Crippen LogP contribution in [0.15, 0.2) is 16.6 Å². The Morgan fingerprint density at radius 2 is 1.95 bits per heavy atom. The first kappa shape index (κ1) is 14.9. The van der Waals surface area contributed by atoms with Crippen molar-refractivity contribution in [2.75, 3.05) is 11.4 Å². The first-order valence-electron chi connectivity index (χ1n) is 6.19. The van der Waals surface area contributed by atoms with Crippen LogP contribution in [0.2, 0.25) is 0 Å². The van der Waals surface area contributed by atoms with E-state index in [1.807, 2.05) is 0 Å². The molecule has 0 bridgehead atoms. The van der Waals surface area contributed by atoms with E-state index in [9.17, 15) is 18.4 Å². The lowest BCUT2D eigenvalue weighted by Gasteiger charge is -2.24. The second-order valence-corrected chi connectivity index (χ2v) is 5.40. The Balaban J connectivity index is 2.45. The molecule has 2 rings (SSSR count). The molecule has 1 aliphatic rings. The van der Waals surface area contributed by atoms with Crippen LogP contribution in [0.5, 0.6) is 0 Å². The second kappa shape index (κ2) is 5.87. The van der Waals surface area contributed by atoms with Gasteiger partial charge in [0.25, 0.3) is 0 Å². The number of carbonyl (C=O) groups is 2. The van der Waals surface area contributed by atoms with E-state index in [1.54, 1.807) is 6.92 Å². The zero-order valence-corrected chi connectivity index (χ0v) is 12.3. The number of hydrogen-bond donors (Lipinski definition) is 1. The molecular weight excluding hydrogens is 334 g/mol. The third-order valence-corrected chi connectivity index (χ3v) is 3.58. The predicted molar refractivity (Wildman–Crippen MR) is 73.2 cm³/mol. The van der Waals surface area contributed by atoms with E-state index in [0.29, 0.717) is 6.42 Å². The molecule has 108 valence electrons. The zero-order chi connectivity index (χ0) is 14.9. The van der Waals surface area contributed by atoms with Crippen molar-refractivity contribution in [2.24, 2.45) is 0 Å². The van der Waals surface area contributed by atoms with E-state index >= 15 is 0 Å². The van der Waals surface area contributed by atoms with Gasteiger partial charge in [-0.3, -0.25) is 9.59 Å². The standard InChI is InChI=1S/C13H13BrF2N2O2/c1-2-10-13(20)18(4-3-11(19)17-10)12-8(15)5-7(14)6-9(12)16/h5-6,10H,2-4H2,1H3,(H,17,19). The summed E-state index contributed by atoms with van der Waals surface area (Å²) in [6, 6.07) is 1.42. The summed E-state index contributed by atoms with van der Waals surface area (Å²) in [6.45, 7) is 1.68. The van der Waals surface area contributed by atoms with Gasteiger partial charge in [0.1, 0.15) is 11.7 Å². The molecule has 0 saturated carbocycles. The second-order valence-electron chi connectivity index (χ2n) is 4.49. The third-order valence-electron chi connectivity index (χ3n) is 3.12. The van der Waals surface area contributed by atoms with Crippen molar-refractivity contribution in [2.45, 2.75) is 25.8 Å². The van der Waals surface area contributed by atoms with Crippen LogP contribution < -0.4 is 10.2 Å². The highest BCUT2D eigenvalue weighted by molar-refractivity contribution is 9.10. The minimum Gasteiger partial charge on any atom is -0.344 e. The Bertz CT molecular complexity index is 542. The number of rotatable bonds is 2. The van der Waals surface area contributed by atoms with Crippen LogP contribution >= 0.6 is 15.9 Å². The Hall–Kier alpha value is -1.50. The van der Waals surface area contributed by atoms with Gasteiger partial charge in [0, 0.05) is 17.4 Å². The molecule has 7 heteroatoms. The van der Waals surface area contributed by atoms with E-state index in [2.05, 4.69) is 21.2 Å². The zero-order valence-electron chi connectivity index (χ0n) is 10.8. The van der Waals surface area contributed by atoms with Gasteiger partial charge in [-0.1, -0.05) is 22.9 Å². The van der Waals surface area contributed by atoms with Gasteiger partial charge >= 0.3 is 0 Å². The molecule has 1 atom stereocenters. The number of hydrogen-bond acceptors (Lipinski definition) is 2. The summed E-state index contributed by atoms with van der Waals surface area (Å²) in [7, 11) is 0. The Labute approximate surface area is 123 Å². The fraction of sp³-hybridized carbons (Fsp3) is 0.385. The highest BCUT2D eigenvalue weighted by Crippen LogP contribution is 2.28. The molecule has 1 aromatic carbocycles. The smallest absolute Gasteiger partial charge is 0.249 e. The molecule has 1 saturated heterocycles. The lowest BCUT2D eigenvalue weighted by Crippen LogP contribution is -2.44. The minimum absolute atomic E-state index is 0.0111. The maximum absolute atomic E-state index is 14.0. The summed E-state index contributed by atoms with van der Waals surface area (Å²) >= 11 is 2.99. The Morgan fingerprint density at radius 1 is 1.35 bits per heavy atom. The highest BCUT2D eigenvalue weighted by atomic mass is 79.9. The van der Waals surface area contributed by atoms with Crippen LogP contribution in [-0.2, 0) is 9.59 Å². The van der Waals surface area contributed by atoms with Gasteiger partial charge in [0.05, 0.1) is 0 Å². The molecule has 1 aromatic rings. The van der Waals surface area contributed by atoms with Crippen molar-refractivity contribution in [3.05, 3.63) is 28.2 Å². The van der Waals surface area contributed by atoms with Crippen LogP contribution in [0, 0.1) is 11.6 Å². The van der Waals surface area contributed by atoms with Crippen LogP contribution in [0.3, 0.4) is 0 Å². The molecule has 1 aliphatic heterocycles. The first-order chi connectivity index (χ1) is 9.43. The normalized spacial score (nSPS) is 19.8. The van der Waals surface area contributed by atoms with Crippen molar-refractivity contribution in [1.29, 1.82) is 0 Å². The average molecular weight is 347 g/mol. The van der Waals surface area contributed by atoms with E-state index in [0.717, 1.165) is 17.0 Å². The van der Waals surface area contributed by atoms with Gasteiger partial charge in [0.15, 0.2) is 11.6 Å². The maximum atomic E-state index is 14.0. The van der Waals surface area contributed by atoms with Gasteiger partial charge in [-0.2, -0.15) is 0 Å². The van der Waals surface area contributed by atoms with E-state index < -0.39 is 29.3 Å². The van der Waals surface area contributed by atoms with Crippen molar-refractivity contribution in [1.82, 2.24) is 5.32 Å². The lowest BCUT2D eigenvalue weighted by molar-refractivity contribution is -0.125. The summed E-state index contributed by atoms with van der Waals surface area (Å²) in [5.74, 6) is -2.48. The lowest BCUT2D eigenvalue weighted by atomic mass is 10.2. The molecule has 0 aliphatic carbocycles. The van der Waals surface area contributed by atoms with Crippen molar-refractivity contribution < 1.29 is 18.4 Å². The molecule has 1 unspecified atom stereocenters. The molecule has 0 spiro atoms. The first-order valence-corrected chi connectivity index (χ1v) is 6.98. The Morgan fingerprint density at radius 3 is 2.50 bits per heavy atom. The van der Waals surface area contributed by atoms with E-state index in [-0.39, 0.29) is 23.3 Å². The maximum Gasteiger partial charge on any atom is 0.249 e. The number of nitrogens with zero attached hydrogens (tertiary/aromatic N) is 1. The van der Waals surface area contributed by atoms with E-state index in [1.165, 1.54) is 0 Å². The van der Waals surface area contributed by atoms with Crippen molar-refractivity contribution in [3.8, 4) is 0 Å². The number of anilines is 1. The number of nitrogens with one attached hydrogen (secondary N) is 1. The molecule has 0 radical (unpaired) electrons. The quantitative estimate of drug-likeness (QED) is 0.893. The number of carbonyl (C=O) groups excluding carboxylic acids is 2. The summed E-state index contributed by atoms with van der Waals surface area (Å²) in [6.07, 6.45) is 0.373. The number of benzene rings is 1. The fourth-order valence-corrected chi connectivity index (χ4v) is 2.53. The van der Waals surface area contributed by atoms with Gasteiger partial charge in [-0.25, -0.2) is 8.78 Å². The van der Waals surface area contributed by atoms with Gasteiger partial charge in [-0.05, 0) is 18.6 Å². The van der Waals surface area contributed by atoms with Crippen LogP contribution in [-0.4, -0.2) is 24.4 Å². The summed E-state index contributed by atoms with van der Waals surface area (Å²) < 4.78 is 28.2. The van der Waals surface area contributed by atoms with Gasteiger partial charge in [-0.15, -0.1) is 0 Å². The SMILES string of the molecule is CCC1NC(=O)CCN(c2c(F)cc(Br)cc2F)C1=O. The van der Waals surface area contributed by atoms with Crippen LogP contribution in [0.4, 0.5) is 14.5 Å². The molecular formula is C13H13BrF2N2O2. The molecule has 0 aromatic heterocycles. The topological polar surface area (TPSA) is 49.4 Å². The molecule has 4 nitrogen and oxygen atoms in total. The van der Waals surface area contributed by atoms with Gasteiger partial charge in [0.2, 0.25) is 11.8 Å². The van der Waals surface area contributed by atoms with Crippen molar-refractivity contribution >= 4 is 33.4 Å². The molecule has 1 N–H and O–H groups in total. The Kier molecular flexibility index (Phi) is 4.37. The number of halogens is 3. The van der Waals surface area contributed by atoms with Gasteiger partial charge < -0.3 is 10.2 Å². The molecule has 2 amide bonds. The highest BCUT2D eigenvalue weighted by Gasteiger charge is 2.32. The fourth-order valence-electron chi connectivity index (χ4n) is 2.13. The van der Waals surface area contributed by atoms with Crippen LogP contribution in [0.1, 0.15) is 19.8 Å². The third kappa shape index (κ3) is 2.82. The molecule has 1 fully saturated rings. The van der Waals surface area contributed by atoms with E-state index in [4.69, 9.17) is 0 Å². The summed E-state index contributed by atoms with van der Waals surface area (Å²) in [4.78, 5) is 24.8. The van der Waals surface area contributed by atoms with Crippen molar-refractivity contribution in [3.63, 3.8) is 0 Å². The number of amides is 2. The predicted octanol–water partition coefficient (Wildman–Crippen LogP) is 2.36. The molecule has 20 heavy (non-hydrogen) atoms. The summed E-state index contributed by atoms with van der Waals surface area (Å²) in [5.41, 5.74) is -0.409. The average Bonchev–Trinajstić information content (AvgIpc) is 2.50. The monoisotopic (exact) mass is 346 g/mol. The molecule has 1 heterocycles. The van der Waals surface area contributed by atoms with Crippen LogP contribution in [0.25, 0.3) is 0 Å². The minimum atomic E-state index is -0.838. The summed E-state index contributed by atoms with van der Waals surface area (Å²) in [5, 5.41) is 2.54.